The predicted molar refractivity (Wildman–Crippen MR) is 78.0 cm³/mol. The van der Waals surface area contributed by atoms with Crippen molar-refractivity contribution < 1.29 is 19.7 Å². The van der Waals surface area contributed by atoms with Crippen LogP contribution in [0.4, 0.5) is 0 Å². The SMILES string of the molecule is CC(C)OCC(O)CC(Cc1cccc(Cl)c1)C(=O)O. The lowest BCUT2D eigenvalue weighted by Gasteiger charge is -2.18. The van der Waals surface area contributed by atoms with Gasteiger partial charge in [-0.05, 0) is 44.4 Å². The van der Waals surface area contributed by atoms with Gasteiger partial charge < -0.3 is 14.9 Å². The Morgan fingerprint density at radius 2 is 2.10 bits per heavy atom. The number of halogens is 1. The second kappa shape index (κ2) is 8.25. The van der Waals surface area contributed by atoms with Gasteiger partial charge in [-0.1, -0.05) is 23.7 Å². The van der Waals surface area contributed by atoms with E-state index in [2.05, 4.69) is 0 Å². The van der Waals surface area contributed by atoms with Gasteiger partial charge in [0.15, 0.2) is 0 Å². The summed E-state index contributed by atoms with van der Waals surface area (Å²) in [5, 5.41) is 19.7. The van der Waals surface area contributed by atoms with E-state index in [1.165, 1.54) is 0 Å². The molecule has 0 radical (unpaired) electrons. The summed E-state index contributed by atoms with van der Waals surface area (Å²) in [7, 11) is 0. The van der Waals surface area contributed by atoms with Crippen LogP contribution in [0.5, 0.6) is 0 Å². The summed E-state index contributed by atoms with van der Waals surface area (Å²) in [5.41, 5.74) is 0.849. The Morgan fingerprint density at radius 1 is 1.40 bits per heavy atom. The maximum absolute atomic E-state index is 11.3. The minimum atomic E-state index is -0.923. The molecule has 0 aromatic heterocycles. The summed E-state index contributed by atoms with van der Waals surface area (Å²) >= 11 is 5.88. The van der Waals surface area contributed by atoms with E-state index in [4.69, 9.17) is 16.3 Å². The second-order valence-corrected chi connectivity index (χ2v) is 5.58. The van der Waals surface area contributed by atoms with Crippen LogP contribution in [0, 0.1) is 5.92 Å². The number of benzene rings is 1. The normalized spacial score (nSPS) is 14.2. The average molecular weight is 301 g/mol. The maximum atomic E-state index is 11.3. The number of carbonyl (C=O) groups is 1. The highest BCUT2D eigenvalue weighted by Crippen LogP contribution is 2.18. The first-order valence-corrected chi connectivity index (χ1v) is 7.03. The molecule has 20 heavy (non-hydrogen) atoms. The van der Waals surface area contributed by atoms with E-state index in [1.54, 1.807) is 18.2 Å². The van der Waals surface area contributed by atoms with Crippen LogP contribution in [-0.2, 0) is 16.0 Å². The Morgan fingerprint density at radius 3 is 2.65 bits per heavy atom. The summed E-state index contributed by atoms with van der Waals surface area (Å²) in [6, 6.07) is 7.11. The number of aliphatic hydroxyl groups is 1. The Hall–Kier alpha value is -1.10. The Bertz CT molecular complexity index is 434. The van der Waals surface area contributed by atoms with Crippen LogP contribution in [0.1, 0.15) is 25.8 Å². The van der Waals surface area contributed by atoms with Crippen molar-refractivity contribution in [1.29, 1.82) is 0 Å². The molecule has 0 heterocycles. The molecule has 0 saturated carbocycles. The number of hydrogen-bond donors (Lipinski definition) is 2. The molecular weight excluding hydrogens is 280 g/mol. The molecule has 0 bridgehead atoms. The summed E-state index contributed by atoms with van der Waals surface area (Å²) in [5.74, 6) is -1.58. The molecule has 112 valence electrons. The van der Waals surface area contributed by atoms with Crippen LogP contribution in [0.3, 0.4) is 0 Å². The average Bonchev–Trinajstić information content (AvgIpc) is 2.35. The van der Waals surface area contributed by atoms with E-state index in [0.29, 0.717) is 11.4 Å². The third-order valence-corrected chi connectivity index (χ3v) is 3.13. The van der Waals surface area contributed by atoms with Gasteiger partial charge >= 0.3 is 5.97 Å². The number of aliphatic hydroxyl groups excluding tert-OH is 1. The molecule has 4 nitrogen and oxygen atoms in total. The zero-order chi connectivity index (χ0) is 15.1. The molecule has 2 unspecified atom stereocenters. The molecule has 0 saturated heterocycles. The van der Waals surface area contributed by atoms with Gasteiger partial charge in [0.1, 0.15) is 0 Å². The number of aliphatic carboxylic acids is 1. The molecule has 1 aromatic rings. The summed E-state index contributed by atoms with van der Waals surface area (Å²) < 4.78 is 5.29. The standard InChI is InChI=1S/C15H21ClO4/c1-10(2)20-9-14(17)8-12(15(18)19)6-11-4-3-5-13(16)7-11/h3-5,7,10,12,14,17H,6,8-9H2,1-2H3,(H,18,19). The first kappa shape index (κ1) is 17.0. The second-order valence-electron chi connectivity index (χ2n) is 5.14. The van der Waals surface area contributed by atoms with Crippen LogP contribution >= 0.6 is 11.6 Å². The molecule has 2 atom stereocenters. The lowest BCUT2D eigenvalue weighted by Crippen LogP contribution is -2.26. The van der Waals surface area contributed by atoms with Crippen molar-refractivity contribution in [3.05, 3.63) is 34.9 Å². The van der Waals surface area contributed by atoms with E-state index in [1.807, 2.05) is 19.9 Å². The first-order valence-electron chi connectivity index (χ1n) is 6.65. The highest BCUT2D eigenvalue weighted by Gasteiger charge is 2.22. The highest BCUT2D eigenvalue weighted by atomic mass is 35.5. The van der Waals surface area contributed by atoms with Crippen molar-refractivity contribution >= 4 is 17.6 Å². The Balaban J connectivity index is 2.58. The predicted octanol–water partition coefficient (Wildman–Crippen LogP) is 2.76. The smallest absolute Gasteiger partial charge is 0.306 e. The fourth-order valence-corrected chi connectivity index (χ4v) is 2.13. The van der Waals surface area contributed by atoms with Gasteiger partial charge in [0.05, 0.1) is 24.7 Å². The van der Waals surface area contributed by atoms with E-state index >= 15 is 0 Å². The van der Waals surface area contributed by atoms with E-state index in [9.17, 15) is 15.0 Å². The van der Waals surface area contributed by atoms with Crippen molar-refractivity contribution in [2.24, 2.45) is 5.92 Å². The van der Waals surface area contributed by atoms with Crippen LogP contribution in [0.2, 0.25) is 5.02 Å². The van der Waals surface area contributed by atoms with Gasteiger partial charge in [0.2, 0.25) is 0 Å². The molecule has 0 fully saturated rings. The number of hydrogen-bond acceptors (Lipinski definition) is 3. The van der Waals surface area contributed by atoms with Gasteiger partial charge in [0.25, 0.3) is 0 Å². The maximum Gasteiger partial charge on any atom is 0.306 e. The Labute approximate surface area is 124 Å². The van der Waals surface area contributed by atoms with Crippen LogP contribution in [0.25, 0.3) is 0 Å². The van der Waals surface area contributed by atoms with Gasteiger partial charge in [-0.2, -0.15) is 0 Å². The summed E-state index contributed by atoms with van der Waals surface area (Å²) in [6.07, 6.45) is -0.262. The van der Waals surface area contributed by atoms with E-state index in [0.717, 1.165) is 5.56 Å². The van der Waals surface area contributed by atoms with E-state index < -0.39 is 18.0 Å². The molecule has 0 aliphatic rings. The van der Waals surface area contributed by atoms with Crippen LogP contribution in [-0.4, -0.2) is 35.0 Å². The molecule has 1 aromatic carbocycles. The van der Waals surface area contributed by atoms with Gasteiger partial charge in [-0.15, -0.1) is 0 Å². The van der Waals surface area contributed by atoms with Crippen molar-refractivity contribution in [3.63, 3.8) is 0 Å². The van der Waals surface area contributed by atoms with Crippen LogP contribution < -0.4 is 0 Å². The summed E-state index contributed by atoms with van der Waals surface area (Å²) in [6.45, 7) is 3.89. The largest absolute Gasteiger partial charge is 0.481 e. The van der Waals surface area contributed by atoms with Gasteiger partial charge in [-0.25, -0.2) is 0 Å². The molecule has 1 rings (SSSR count). The number of carboxylic acid groups (broad SMARTS) is 1. The lowest BCUT2D eigenvalue weighted by atomic mass is 9.94. The van der Waals surface area contributed by atoms with Crippen molar-refractivity contribution in [3.8, 4) is 0 Å². The molecule has 0 aliphatic heterocycles. The quantitative estimate of drug-likeness (QED) is 0.775. The number of ether oxygens (including phenoxy) is 1. The molecule has 0 amide bonds. The van der Waals surface area contributed by atoms with Gasteiger partial charge in [0, 0.05) is 5.02 Å². The van der Waals surface area contributed by atoms with Crippen molar-refractivity contribution in [2.45, 2.75) is 38.9 Å². The minimum absolute atomic E-state index is 0.0147. The fraction of sp³-hybridized carbons (Fsp3) is 0.533. The molecular formula is C15H21ClO4. The summed E-state index contributed by atoms with van der Waals surface area (Å²) in [4.78, 5) is 11.3. The Kier molecular flexibility index (Phi) is 6.99. The molecule has 0 aliphatic carbocycles. The lowest BCUT2D eigenvalue weighted by molar-refractivity contribution is -0.143. The van der Waals surface area contributed by atoms with E-state index in [-0.39, 0.29) is 19.1 Å². The minimum Gasteiger partial charge on any atom is -0.481 e. The third-order valence-electron chi connectivity index (χ3n) is 2.90. The molecule has 2 N–H and O–H groups in total. The monoisotopic (exact) mass is 300 g/mol. The first-order chi connectivity index (χ1) is 9.38. The third kappa shape index (κ3) is 6.37. The van der Waals surface area contributed by atoms with Crippen LogP contribution in [0.15, 0.2) is 24.3 Å². The van der Waals surface area contributed by atoms with Gasteiger partial charge in [-0.3, -0.25) is 4.79 Å². The highest BCUT2D eigenvalue weighted by molar-refractivity contribution is 6.30. The zero-order valence-electron chi connectivity index (χ0n) is 11.8. The topological polar surface area (TPSA) is 66.8 Å². The van der Waals surface area contributed by atoms with Crippen molar-refractivity contribution in [1.82, 2.24) is 0 Å². The molecule has 0 spiro atoms. The zero-order valence-corrected chi connectivity index (χ0v) is 12.5. The number of carboxylic acids is 1. The number of rotatable bonds is 8. The fourth-order valence-electron chi connectivity index (χ4n) is 1.92. The van der Waals surface area contributed by atoms with Crippen molar-refractivity contribution in [2.75, 3.05) is 6.61 Å². The molecule has 5 heteroatoms.